The van der Waals surface area contributed by atoms with Crippen molar-refractivity contribution in [3.8, 4) is 5.75 Å². The van der Waals surface area contributed by atoms with Crippen molar-refractivity contribution in [3.63, 3.8) is 0 Å². The number of nitrogen functional groups attached to an aromatic ring is 1. The molecule has 0 heterocycles. The van der Waals surface area contributed by atoms with Crippen LogP contribution in [0.2, 0.25) is 0 Å². The molecule has 0 radical (unpaired) electrons. The van der Waals surface area contributed by atoms with Crippen molar-refractivity contribution < 1.29 is 13.2 Å². The highest BCUT2D eigenvalue weighted by molar-refractivity contribution is 9.10. The van der Waals surface area contributed by atoms with E-state index in [0.29, 0.717) is 28.2 Å². The molecule has 0 atom stereocenters. The molecule has 0 aliphatic rings. The number of hydrogen-bond donors (Lipinski definition) is 2. The van der Waals surface area contributed by atoms with Crippen molar-refractivity contribution in [1.82, 2.24) is 0 Å². The van der Waals surface area contributed by atoms with E-state index in [-0.39, 0.29) is 4.90 Å². The van der Waals surface area contributed by atoms with Gasteiger partial charge in [0.05, 0.1) is 6.61 Å². The molecule has 0 amide bonds. The summed E-state index contributed by atoms with van der Waals surface area (Å²) in [5.41, 5.74) is 6.58. The maximum Gasteiger partial charge on any atom is 0.265 e. The van der Waals surface area contributed by atoms with Crippen LogP contribution in [0.25, 0.3) is 0 Å². The number of rotatable bonds is 5. The van der Waals surface area contributed by atoms with Crippen LogP contribution in [0.3, 0.4) is 0 Å². The molecule has 0 bridgehead atoms. The van der Waals surface area contributed by atoms with Crippen LogP contribution in [-0.4, -0.2) is 15.0 Å². The Hall–Kier alpha value is -1.73. The van der Waals surface area contributed by atoms with E-state index in [9.17, 15) is 8.42 Å². The predicted octanol–water partition coefficient (Wildman–Crippen LogP) is 3.23. The van der Waals surface area contributed by atoms with Crippen molar-refractivity contribution in [1.29, 1.82) is 0 Å². The second-order valence-corrected chi connectivity index (χ2v) is 6.82. The monoisotopic (exact) mass is 370 g/mol. The summed E-state index contributed by atoms with van der Waals surface area (Å²) in [6.45, 7) is 2.18. The first kappa shape index (κ1) is 15.7. The van der Waals surface area contributed by atoms with Crippen LogP contribution in [0.15, 0.2) is 51.8 Å². The number of nitrogens with one attached hydrogen (secondary N) is 1. The minimum atomic E-state index is -3.75. The van der Waals surface area contributed by atoms with Crippen LogP contribution < -0.4 is 15.2 Å². The second kappa shape index (κ2) is 6.36. The Kier molecular flexibility index (Phi) is 4.74. The molecule has 0 fully saturated rings. The summed E-state index contributed by atoms with van der Waals surface area (Å²) in [6, 6.07) is 11.3. The maximum atomic E-state index is 12.5. The Balaban J connectivity index is 2.39. The van der Waals surface area contributed by atoms with Crippen molar-refractivity contribution in [2.45, 2.75) is 11.8 Å². The van der Waals surface area contributed by atoms with Gasteiger partial charge >= 0.3 is 0 Å². The Morgan fingerprint density at radius 2 is 1.86 bits per heavy atom. The molecule has 0 aliphatic heterocycles. The molecular formula is C14H15BrN2O3S. The summed E-state index contributed by atoms with van der Waals surface area (Å²) < 4.78 is 33.5. The molecule has 112 valence electrons. The molecule has 2 aromatic carbocycles. The first-order valence-electron chi connectivity index (χ1n) is 6.23. The zero-order chi connectivity index (χ0) is 15.5. The summed E-state index contributed by atoms with van der Waals surface area (Å²) >= 11 is 3.27. The zero-order valence-corrected chi connectivity index (χ0v) is 13.7. The molecule has 0 saturated carbocycles. The average Bonchev–Trinajstić information content (AvgIpc) is 2.43. The van der Waals surface area contributed by atoms with Gasteiger partial charge in [-0.15, -0.1) is 0 Å². The fourth-order valence-electron chi connectivity index (χ4n) is 1.73. The second-order valence-electron chi connectivity index (χ2n) is 4.25. The molecule has 0 saturated heterocycles. The first-order valence-corrected chi connectivity index (χ1v) is 8.50. The van der Waals surface area contributed by atoms with Gasteiger partial charge in [-0.2, -0.15) is 0 Å². The Morgan fingerprint density at radius 3 is 2.48 bits per heavy atom. The molecule has 0 unspecified atom stereocenters. The highest BCUT2D eigenvalue weighted by atomic mass is 79.9. The van der Waals surface area contributed by atoms with Gasteiger partial charge < -0.3 is 10.5 Å². The number of benzene rings is 2. The lowest BCUT2D eigenvalue weighted by Crippen LogP contribution is -2.14. The van der Waals surface area contributed by atoms with E-state index in [1.807, 2.05) is 0 Å². The fourth-order valence-corrected chi connectivity index (χ4v) is 3.47. The summed E-state index contributed by atoms with van der Waals surface area (Å²) in [4.78, 5) is 0.0792. The Morgan fingerprint density at radius 1 is 1.19 bits per heavy atom. The van der Waals surface area contributed by atoms with Gasteiger partial charge in [0, 0.05) is 15.8 Å². The predicted molar refractivity (Wildman–Crippen MR) is 87.0 cm³/mol. The zero-order valence-electron chi connectivity index (χ0n) is 11.3. The van der Waals surface area contributed by atoms with E-state index in [1.165, 1.54) is 6.07 Å². The van der Waals surface area contributed by atoms with E-state index in [2.05, 4.69) is 20.7 Å². The highest BCUT2D eigenvalue weighted by Crippen LogP contribution is 2.29. The fraction of sp³-hybridized carbons (Fsp3) is 0.143. The molecule has 0 spiro atoms. The molecule has 7 heteroatoms. The third-order valence-corrected chi connectivity index (χ3v) is 4.55. The SMILES string of the molecule is CCOc1ccc(Br)cc1S(=O)(=O)Nc1ccc(N)cc1. The third kappa shape index (κ3) is 3.89. The first-order chi connectivity index (χ1) is 9.92. The minimum Gasteiger partial charge on any atom is -0.492 e. The van der Waals surface area contributed by atoms with Crippen LogP contribution in [0.4, 0.5) is 11.4 Å². The highest BCUT2D eigenvalue weighted by Gasteiger charge is 2.20. The van der Waals surface area contributed by atoms with E-state index in [1.54, 1.807) is 43.3 Å². The topological polar surface area (TPSA) is 81.4 Å². The Labute approximate surface area is 132 Å². The standard InChI is InChI=1S/C14H15BrN2O3S/c1-2-20-13-8-3-10(15)9-14(13)21(18,19)17-12-6-4-11(16)5-7-12/h3-9,17H,2,16H2,1H3. The summed E-state index contributed by atoms with van der Waals surface area (Å²) in [6.07, 6.45) is 0. The van der Waals surface area contributed by atoms with E-state index in [0.717, 1.165) is 0 Å². The molecule has 21 heavy (non-hydrogen) atoms. The Bertz CT molecular complexity index is 730. The van der Waals surface area contributed by atoms with E-state index in [4.69, 9.17) is 10.5 Å². The molecule has 2 aromatic rings. The van der Waals surface area contributed by atoms with Gasteiger partial charge in [0.2, 0.25) is 0 Å². The van der Waals surface area contributed by atoms with Gasteiger partial charge in [0.1, 0.15) is 10.6 Å². The minimum absolute atomic E-state index is 0.0792. The number of sulfonamides is 1. The lowest BCUT2D eigenvalue weighted by Gasteiger charge is -2.13. The number of ether oxygens (including phenoxy) is 1. The third-order valence-electron chi connectivity index (χ3n) is 2.66. The quantitative estimate of drug-likeness (QED) is 0.791. The van der Waals surface area contributed by atoms with Crippen molar-refractivity contribution >= 4 is 37.3 Å². The van der Waals surface area contributed by atoms with Crippen LogP contribution >= 0.6 is 15.9 Å². The van der Waals surface area contributed by atoms with Crippen LogP contribution in [-0.2, 0) is 10.0 Å². The van der Waals surface area contributed by atoms with Crippen molar-refractivity contribution in [2.75, 3.05) is 17.1 Å². The lowest BCUT2D eigenvalue weighted by atomic mass is 10.3. The number of nitrogens with two attached hydrogens (primary N) is 1. The van der Waals surface area contributed by atoms with Gasteiger partial charge in [-0.1, -0.05) is 15.9 Å². The van der Waals surface area contributed by atoms with Crippen LogP contribution in [0, 0.1) is 0 Å². The average molecular weight is 371 g/mol. The van der Waals surface area contributed by atoms with Gasteiger partial charge in [-0.05, 0) is 49.4 Å². The van der Waals surface area contributed by atoms with Gasteiger partial charge in [0.25, 0.3) is 10.0 Å². The van der Waals surface area contributed by atoms with Gasteiger partial charge in [0.15, 0.2) is 0 Å². The summed E-state index contributed by atoms with van der Waals surface area (Å²) in [5.74, 6) is 0.309. The summed E-state index contributed by atoms with van der Waals surface area (Å²) in [7, 11) is -3.75. The number of halogens is 1. The lowest BCUT2D eigenvalue weighted by molar-refractivity contribution is 0.331. The molecule has 0 aliphatic carbocycles. The van der Waals surface area contributed by atoms with Gasteiger partial charge in [-0.25, -0.2) is 8.42 Å². The smallest absolute Gasteiger partial charge is 0.265 e. The largest absolute Gasteiger partial charge is 0.492 e. The molecule has 0 aromatic heterocycles. The van der Waals surface area contributed by atoms with Crippen LogP contribution in [0.1, 0.15) is 6.92 Å². The maximum absolute atomic E-state index is 12.5. The van der Waals surface area contributed by atoms with Crippen LogP contribution in [0.5, 0.6) is 5.75 Å². The number of hydrogen-bond acceptors (Lipinski definition) is 4. The summed E-state index contributed by atoms with van der Waals surface area (Å²) in [5, 5.41) is 0. The molecule has 5 nitrogen and oxygen atoms in total. The molecule has 3 N–H and O–H groups in total. The van der Waals surface area contributed by atoms with Crippen molar-refractivity contribution in [3.05, 3.63) is 46.9 Å². The normalized spacial score (nSPS) is 11.1. The van der Waals surface area contributed by atoms with Gasteiger partial charge in [-0.3, -0.25) is 4.72 Å². The van der Waals surface area contributed by atoms with E-state index < -0.39 is 10.0 Å². The van der Waals surface area contributed by atoms with Crippen molar-refractivity contribution in [2.24, 2.45) is 0 Å². The molecular weight excluding hydrogens is 356 g/mol. The number of anilines is 2. The molecule has 2 rings (SSSR count). The van der Waals surface area contributed by atoms with E-state index >= 15 is 0 Å².